The molecule has 19 heavy (non-hydrogen) atoms. The minimum atomic E-state index is -5.08. The molecule has 2 aromatic carbocycles. The van der Waals surface area contributed by atoms with Gasteiger partial charge in [-0.05, 0) is 16.8 Å². The standard InChI is InChI=1S/C13H9BrF4O/c14-11-6-5-10(8-3-1-2-4-9(8)11)12(19,7-15)13(16,17)18/h1-6,19H,7H2. The van der Waals surface area contributed by atoms with E-state index in [-0.39, 0.29) is 5.39 Å². The molecule has 0 heterocycles. The number of aliphatic hydroxyl groups is 1. The Hall–Kier alpha value is -1.14. The highest BCUT2D eigenvalue weighted by Crippen LogP contribution is 2.43. The Morgan fingerprint density at radius 2 is 1.58 bits per heavy atom. The van der Waals surface area contributed by atoms with Crippen LogP contribution in [0.15, 0.2) is 40.9 Å². The number of halogens is 5. The number of alkyl halides is 4. The van der Waals surface area contributed by atoms with Crippen molar-refractivity contribution >= 4 is 26.7 Å². The van der Waals surface area contributed by atoms with Gasteiger partial charge < -0.3 is 5.11 Å². The first-order valence-electron chi connectivity index (χ1n) is 5.34. The third-order valence-corrected chi connectivity index (χ3v) is 3.67. The fourth-order valence-corrected chi connectivity index (χ4v) is 2.40. The number of fused-ring (bicyclic) bond motifs is 1. The zero-order valence-corrected chi connectivity index (χ0v) is 11.1. The molecule has 102 valence electrons. The summed E-state index contributed by atoms with van der Waals surface area (Å²) in [6.07, 6.45) is -5.08. The maximum Gasteiger partial charge on any atom is 0.424 e. The van der Waals surface area contributed by atoms with Gasteiger partial charge in [-0.1, -0.05) is 46.3 Å². The van der Waals surface area contributed by atoms with Crippen molar-refractivity contribution < 1.29 is 22.7 Å². The van der Waals surface area contributed by atoms with E-state index in [9.17, 15) is 22.7 Å². The topological polar surface area (TPSA) is 20.2 Å². The van der Waals surface area contributed by atoms with E-state index in [1.807, 2.05) is 0 Å². The zero-order chi connectivity index (χ0) is 14.3. The van der Waals surface area contributed by atoms with Crippen molar-refractivity contribution in [3.8, 4) is 0 Å². The molecule has 0 spiro atoms. The average Bonchev–Trinajstić information content (AvgIpc) is 2.37. The first kappa shape index (κ1) is 14.3. The van der Waals surface area contributed by atoms with E-state index < -0.39 is 24.0 Å². The Labute approximate surface area is 115 Å². The summed E-state index contributed by atoms with van der Waals surface area (Å²) in [5.41, 5.74) is -3.98. The van der Waals surface area contributed by atoms with E-state index in [4.69, 9.17) is 0 Å². The molecule has 0 aliphatic carbocycles. The quantitative estimate of drug-likeness (QED) is 0.809. The van der Waals surface area contributed by atoms with Gasteiger partial charge in [0.05, 0.1) is 0 Å². The van der Waals surface area contributed by atoms with Gasteiger partial charge in [-0.3, -0.25) is 0 Å². The monoisotopic (exact) mass is 336 g/mol. The van der Waals surface area contributed by atoms with Crippen LogP contribution in [0.1, 0.15) is 5.56 Å². The van der Waals surface area contributed by atoms with Crippen LogP contribution in [0.2, 0.25) is 0 Å². The predicted molar refractivity (Wildman–Crippen MR) is 67.6 cm³/mol. The lowest BCUT2D eigenvalue weighted by molar-refractivity contribution is -0.270. The SMILES string of the molecule is OC(CF)(c1ccc(Br)c2ccccc12)C(F)(F)F. The van der Waals surface area contributed by atoms with Crippen LogP contribution in [0.25, 0.3) is 10.8 Å². The second-order valence-electron chi connectivity index (χ2n) is 4.13. The summed E-state index contributed by atoms with van der Waals surface area (Å²) in [6, 6.07) is 8.65. The van der Waals surface area contributed by atoms with Gasteiger partial charge in [-0.25, -0.2) is 4.39 Å². The van der Waals surface area contributed by atoms with E-state index in [0.717, 1.165) is 6.07 Å². The average molecular weight is 337 g/mol. The lowest BCUT2D eigenvalue weighted by atomic mass is 9.90. The number of rotatable bonds is 2. The van der Waals surface area contributed by atoms with E-state index in [0.29, 0.717) is 9.86 Å². The maximum absolute atomic E-state index is 12.9. The van der Waals surface area contributed by atoms with E-state index >= 15 is 0 Å². The van der Waals surface area contributed by atoms with Crippen LogP contribution in [0.4, 0.5) is 17.6 Å². The molecule has 1 unspecified atom stereocenters. The third-order valence-electron chi connectivity index (χ3n) is 2.98. The third kappa shape index (κ3) is 2.23. The van der Waals surface area contributed by atoms with Crippen LogP contribution in [-0.4, -0.2) is 18.0 Å². The van der Waals surface area contributed by atoms with Gasteiger partial charge in [-0.2, -0.15) is 13.2 Å². The Balaban J connectivity index is 2.79. The van der Waals surface area contributed by atoms with E-state index in [1.165, 1.54) is 18.2 Å². The summed E-state index contributed by atoms with van der Waals surface area (Å²) in [7, 11) is 0. The fraction of sp³-hybridized carbons (Fsp3) is 0.231. The van der Waals surface area contributed by atoms with Crippen molar-refractivity contribution in [3.63, 3.8) is 0 Å². The summed E-state index contributed by atoms with van der Waals surface area (Å²) >= 11 is 3.21. The lowest BCUT2D eigenvalue weighted by Crippen LogP contribution is -2.44. The van der Waals surface area contributed by atoms with E-state index in [2.05, 4.69) is 15.9 Å². The molecule has 0 fully saturated rings. The van der Waals surface area contributed by atoms with Crippen molar-refractivity contribution in [2.75, 3.05) is 6.67 Å². The predicted octanol–water partition coefficient (Wildman–Crippen LogP) is 4.32. The molecule has 0 aromatic heterocycles. The zero-order valence-electron chi connectivity index (χ0n) is 9.51. The van der Waals surface area contributed by atoms with Crippen LogP contribution < -0.4 is 0 Å². The summed E-state index contributed by atoms with van der Waals surface area (Å²) in [4.78, 5) is 0. The summed E-state index contributed by atoms with van der Waals surface area (Å²) in [6.45, 7) is -1.93. The second-order valence-corrected chi connectivity index (χ2v) is 4.99. The van der Waals surface area contributed by atoms with Gasteiger partial charge in [0, 0.05) is 10.0 Å². The normalized spacial score (nSPS) is 15.5. The van der Waals surface area contributed by atoms with Crippen LogP contribution in [0, 0.1) is 0 Å². The highest BCUT2D eigenvalue weighted by atomic mass is 79.9. The molecular weight excluding hydrogens is 328 g/mol. The molecule has 6 heteroatoms. The smallest absolute Gasteiger partial charge is 0.374 e. The molecule has 0 radical (unpaired) electrons. The summed E-state index contributed by atoms with van der Waals surface area (Å²) in [5, 5.41) is 10.3. The second kappa shape index (κ2) is 4.76. The molecule has 2 aromatic rings. The van der Waals surface area contributed by atoms with Gasteiger partial charge >= 0.3 is 6.18 Å². The van der Waals surface area contributed by atoms with Crippen LogP contribution in [0.5, 0.6) is 0 Å². The molecule has 1 nitrogen and oxygen atoms in total. The van der Waals surface area contributed by atoms with Crippen LogP contribution in [-0.2, 0) is 5.60 Å². The van der Waals surface area contributed by atoms with Gasteiger partial charge in [0.1, 0.15) is 6.67 Å². The molecule has 0 bridgehead atoms. The molecule has 1 atom stereocenters. The van der Waals surface area contributed by atoms with Crippen LogP contribution in [0.3, 0.4) is 0 Å². The summed E-state index contributed by atoms with van der Waals surface area (Å²) < 4.78 is 52.2. The molecule has 0 saturated carbocycles. The van der Waals surface area contributed by atoms with Crippen molar-refractivity contribution in [3.05, 3.63) is 46.4 Å². The van der Waals surface area contributed by atoms with Crippen LogP contribution >= 0.6 is 15.9 Å². The van der Waals surface area contributed by atoms with Crippen molar-refractivity contribution in [1.82, 2.24) is 0 Å². The largest absolute Gasteiger partial charge is 0.424 e. The highest BCUT2D eigenvalue weighted by Gasteiger charge is 2.56. The Morgan fingerprint density at radius 3 is 2.11 bits per heavy atom. The fourth-order valence-electron chi connectivity index (χ4n) is 1.92. The van der Waals surface area contributed by atoms with Crippen molar-refractivity contribution in [2.45, 2.75) is 11.8 Å². The molecule has 1 N–H and O–H groups in total. The van der Waals surface area contributed by atoms with E-state index in [1.54, 1.807) is 12.1 Å². The van der Waals surface area contributed by atoms with Crippen molar-refractivity contribution in [2.24, 2.45) is 0 Å². The van der Waals surface area contributed by atoms with Gasteiger partial charge in [-0.15, -0.1) is 0 Å². The lowest BCUT2D eigenvalue weighted by Gasteiger charge is -2.29. The minimum absolute atomic E-state index is 0.161. The first-order chi connectivity index (χ1) is 8.81. The Morgan fingerprint density at radius 1 is 1.00 bits per heavy atom. The molecule has 0 aliphatic heterocycles. The number of hydrogen-bond acceptors (Lipinski definition) is 1. The minimum Gasteiger partial charge on any atom is -0.374 e. The van der Waals surface area contributed by atoms with Gasteiger partial charge in [0.25, 0.3) is 0 Å². The maximum atomic E-state index is 12.9. The first-order valence-corrected chi connectivity index (χ1v) is 6.13. The number of hydrogen-bond donors (Lipinski definition) is 1. The molecule has 0 aliphatic rings. The highest BCUT2D eigenvalue weighted by molar-refractivity contribution is 9.10. The molecule has 0 amide bonds. The van der Waals surface area contributed by atoms with Gasteiger partial charge in [0.2, 0.25) is 5.60 Å². The molecule has 2 rings (SSSR count). The number of benzene rings is 2. The summed E-state index contributed by atoms with van der Waals surface area (Å²) in [5.74, 6) is 0. The Kier molecular flexibility index (Phi) is 3.57. The van der Waals surface area contributed by atoms with Gasteiger partial charge in [0.15, 0.2) is 0 Å². The Bertz CT molecular complexity index is 611. The molecular formula is C13H9BrF4O. The molecule has 0 saturated heterocycles. The van der Waals surface area contributed by atoms with Crippen molar-refractivity contribution in [1.29, 1.82) is 0 Å².